The fraction of sp³-hybridized carbons (Fsp3) is 0.583. The minimum Gasteiger partial charge on any atom is -0.466 e. The van der Waals surface area contributed by atoms with Gasteiger partial charge in [0.1, 0.15) is 11.5 Å². The minimum atomic E-state index is -0.365. The summed E-state index contributed by atoms with van der Waals surface area (Å²) in [7, 11) is 0. The largest absolute Gasteiger partial charge is 0.466 e. The lowest BCUT2D eigenvalue weighted by Crippen LogP contribution is -2.47. The zero-order chi connectivity index (χ0) is 12.3. The lowest BCUT2D eigenvalue weighted by Gasteiger charge is -2.26. The highest BCUT2D eigenvalue weighted by atomic mass is 35.5. The SMILES string of the molecule is CCC(C)(CCl)NC(=O)c1cc(C)oc1C. The molecule has 16 heavy (non-hydrogen) atoms. The van der Waals surface area contributed by atoms with Crippen LogP contribution < -0.4 is 5.32 Å². The van der Waals surface area contributed by atoms with Gasteiger partial charge >= 0.3 is 0 Å². The van der Waals surface area contributed by atoms with Crippen LogP contribution in [0.4, 0.5) is 0 Å². The van der Waals surface area contributed by atoms with E-state index in [4.69, 9.17) is 16.0 Å². The number of carbonyl (C=O) groups is 1. The van der Waals surface area contributed by atoms with E-state index in [0.29, 0.717) is 17.2 Å². The average Bonchev–Trinajstić information content (AvgIpc) is 2.57. The number of carbonyl (C=O) groups excluding carboxylic acids is 1. The van der Waals surface area contributed by atoms with Crippen molar-refractivity contribution in [2.45, 2.75) is 39.7 Å². The van der Waals surface area contributed by atoms with Crippen molar-refractivity contribution >= 4 is 17.5 Å². The molecule has 0 fully saturated rings. The van der Waals surface area contributed by atoms with Gasteiger partial charge in [-0.15, -0.1) is 11.6 Å². The Kier molecular flexibility index (Phi) is 4.03. The number of halogens is 1. The van der Waals surface area contributed by atoms with Gasteiger partial charge in [0, 0.05) is 5.88 Å². The molecule has 0 bridgehead atoms. The van der Waals surface area contributed by atoms with Crippen molar-refractivity contribution in [2.24, 2.45) is 0 Å². The predicted octanol–water partition coefficient (Wildman–Crippen LogP) is 3.03. The number of nitrogens with one attached hydrogen (secondary N) is 1. The second-order valence-electron chi connectivity index (χ2n) is 4.33. The fourth-order valence-corrected chi connectivity index (χ4v) is 1.67. The molecule has 1 rings (SSSR count). The fourth-order valence-electron chi connectivity index (χ4n) is 1.41. The van der Waals surface area contributed by atoms with Crippen molar-refractivity contribution in [1.82, 2.24) is 5.32 Å². The van der Waals surface area contributed by atoms with Crippen molar-refractivity contribution in [3.05, 3.63) is 23.2 Å². The molecule has 0 aliphatic carbocycles. The van der Waals surface area contributed by atoms with E-state index in [1.54, 1.807) is 13.0 Å². The molecule has 1 N–H and O–H groups in total. The van der Waals surface area contributed by atoms with Gasteiger partial charge in [-0.1, -0.05) is 6.92 Å². The number of aryl methyl sites for hydroxylation is 2. The number of rotatable bonds is 4. The molecule has 1 aromatic rings. The molecule has 1 aromatic heterocycles. The highest BCUT2D eigenvalue weighted by molar-refractivity contribution is 6.18. The Morgan fingerprint density at radius 2 is 2.19 bits per heavy atom. The Hall–Kier alpha value is -0.960. The van der Waals surface area contributed by atoms with Gasteiger partial charge in [0.15, 0.2) is 0 Å². The Balaban J connectivity index is 2.84. The zero-order valence-corrected chi connectivity index (χ0v) is 10.9. The van der Waals surface area contributed by atoms with Gasteiger partial charge in [-0.25, -0.2) is 0 Å². The maximum atomic E-state index is 12.0. The van der Waals surface area contributed by atoms with E-state index in [-0.39, 0.29) is 11.4 Å². The van der Waals surface area contributed by atoms with Gasteiger partial charge in [-0.3, -0.25) is 4.79 Å². The smallest absolute Gasteiger partial charge is 0.255 e. The van der Waals surface area contributed by atoms with Gasteiger partial charge < -0.3 is 9.73 Å². The molecular formula is C12H18ClNO2. The first-order valence-electron chi connectivity index (χ1n) is 5.37. The molecule has 0 saturated carbocycles. The summed E-state index contributed by atoms with van der Waals surface area (Å²) in [4.78, 5) is 12.0. The van der Waals surface area contributed by atoms with Gasteiger partial charge in [-0.05, 0) is 33.3 Å². The lowest BCUT2D eigenvalue weighted by molar-refractivity contribution is 0.0911. The van der Waals surface area contributed by atoms with E-state index in [9.17, 15) is 4.79 Å². The van der Waals surface area contributed by atoms with Crippen molar-refractivity contribution < 1.29 is 9.21 Å². The van der Waals surface area contributed by atoms with E-state index in [0.717, 1.165) is 12.2 Å². The number of alkyl halides is 1. The van der Waals surface area contributed by atoms with Crippen LogP contribution in [-0.2, 0) is 0 Å². The van der Waals surface area contributed by atoms with E-state index in [1.807, 2.05) is 20.8 Å². The van der Waals surface area contributed by atoms with E-state index in [1.165, 1.54) is 0 Å². The molecule has 3 nitrogen and oxygen atoms in total. The number of hydrogen-bond donors (Lipinski definition) is 1. The average molecular weight is 244 g/mol. The molecule has 1 atom stereocenters. The summed E-state index contributed by atoms with van der Waals surface area (Å²) in [6.45, 7) is 7.53. The Morgan fingerprint density at radius 1 is 1.56 bits per heavy atom. The molecule has 1 amide bonds. The molecule has 0 saturated heterocycles. The van der Waals surface area contributed by atoms with E-state index in [2.05, 4.69) is 5.32 Å². The first-order valence-corrected chi connectivity index (χ1v) is 5.91. The molecule has 1 unspecified atom stereocenters. The normalized spacial score (nSPS) is 14.6. The summed E-state index contributed by atoms with van der Waals surface area (Å²) in [5.74, 6) is 1.65. The highest BCUT2D eigenvalue weighted by Crippen LogP contribution is 2.17. The van der Waals surface area contributed by atoms with Crippen molar-refractivity contribution in [2.75, 3.05) is 5.88 Å². The van der Waals surface area contributed by atoms with Crippen LogP contribution in [0.3, 0.4) is 0 Å². The molecule has 0 radical (unpaired) electrons. The number of hydrogen-bond acceptors (Lipinski definition) is 2. The maximum Gasteiger partial charge on any atom is 0.255 e. The summed E-state index contributed by atoms with van der Waals surface area (Å²) in [5.41, 5.74) is 0.221. The minimum absolute atomic E-state index is 0.126. The van der Waals surface area contributed by atoms with Gasteiger partial charge in [-0.2, -0.15) is 0 Å². The molecule has 1 heterocycles. The highest BCUT2D eigenvalue weighted by Gasteiger charge is 2.25. The zero-order valence-electron chi connectivity index (χ0n) is 10.2. The van der Waals surface area contributed by atoms with Crippen LogP contribution in [0.5, 0.6) is 0 Å². The van der Waals surface area contributed by atoms with E-state index < -0.39 is 0 Å². The quantitative estimate of drug-likeness (QED) is 0.826. The maximum absolute atomic E-state index is 12.0. The first-order chi connectivity index (χ1) is 7.41. The summed E-state index contributed by atoms with van der Waals surface area (Å²) in [6, 6.07) is 1.75. The summed E-state index contributed by atoms with van der Waals surface area (Å²) in [6.07, 6.45) is 0.790. The molecule has 0 aliphatic rings. The van der Waals surface area contributed by atoms with E-state index >= 15 is 0 Å². The van der Waals surface area contributed by atoms with Crippen LogP contribution in [0.2, 0.25) is 0 Å². The number of furan rings is 1. The third kappa shape index (κ3) is 2.79. The van der Waals surface area contributed by atoms with Crippen LogP contribution in [0.1, 0.15) is 42.1 Å². The summed E-state index contributed by atoms with van der Waals surface area (Å²) < 4.78 is 5.32. The third-order valence-corrected chi connectivity index (χ3v) is 3.37. The summed E-state index contributed by atoms with van der Waals surface area (Å²) in [5, 5.41) is 2.93. The molecule has 0 aromatic carbocycles. The summed E-state index contributed by atoms with van der Waals surface area (Å²) >= 11 is 5.85. The first kappa shape index (κ1) is 13.1. The van der Waals surface area contributed by atoms with Crippen LogP contribution in [0.15, 0.2) is 10.5 Å². The second kappa shape index (κ2) is 4.91. The van der Waals surface area contributed by atoms with Crippen LogP contribution >= 0.6 is 11.6 Å². The molecule has 4 heteroatoms. The van der Waals surface area contributed by atoms with Crippen LogP contribution in [-0.4, -0.2) is 17.3 Å². The standard InChI is InChI=1S/C12H18ClNO2/c1-5-12(4,7-13)14-11(15)10-6-8(2)16-9(10)3/h6H,5,7H2,1-4H3,(H,14,15). The van der Waals surface area contributed by atoms with Gasteiger partial charge in [0.05, 0.1) is 11.1 Å². The molecule has 0 spiro atoms. The van der Waals surface area contributed by atoms with Crippen molar-refractivity contribution in [3.8, 4) is 0 Å². The molecular weight excluding hydrogens is 226 g/mol. The number of amides is 1. The third-order valence-electron chi connectivity index (χ3n) is 2.78. The topological polar surface area (TPSA) is 42.2 Å². The van der Waals surface area contributed by atoms with Gasteiger partial charge in [0.25, 0.3) is 5.91 Å². The molecule has 90 valence electrons. The second-order valence-corrected chi connectivity index (χ2v) is 4.60. The Morgan fingerprint density at radius 3 is 2.56 bits per heavy atom. The Bertz CT molecular complexity index is 380. The molecule has 0 aliphatic heterocycles. The van der Waals surface area contributed by atoms with Gasteiger partial charge in [0.2, 0.25) is 0 Å². The van der Waals surface area contributed by atoms with Crippen LogP contribution in [0, 0.1) is 13.8 Å². The Labute approximate surface area is 101 Å². The monoisotopic (exact) mass is 243 g/mol. The van der Waals surface area contributed by atoms with Crippen LogP contribution in [0.25, 0.3) is 0 Å². The predicted molar refractivity (Wildman–Crippen MR) is 65.1 cm³/mol. The van der Waals surface area contributed by atoms with Crippen molar-refractivity contribution in [3.63, 3.8) is 0 Å². The lowest BCUT2D eigenvalue weighted by atomic mass is 10.0. The van der Waals surface area contributed by atoms with Crippen molar-refractivity contribution in [1.29, 1.82) is 0 Å².